The molecule has 0 heterocycles. The number of nitrogens with zero attached hydrogens (tertiary/aromatic N) is 1. The number of hydrogen-bond donors (Lipinski definition) is 2. The van der Waals surface area contributed by atoms with E-state index in [1.165, 1.54) is 5.56 Å². The van der Waals surface area contributed by atoms with Gasteiger partial charge in [0.25, 0.3) is 0 Å². The second kappa shape index (κ2) is 7.24. The number of hydrogen-bond acceptors (Lipinski definition) is 2. The molecule has 108 valence electrons. The third kappa shape index (κ3) is 4.76. The standard InChI is InChI=1S/C17H19N3O/c1-13(2)15-10-8-14(9-11-15)12-18-20-17(21)19-16-6-4-3-5-7-16/h3-13H,1-2H3,(H2,19,20,21)/b18-12-. The molecule has 4 nitrogen and oxygen atoms in total. The Morgan fingerprint density at radius 3 is 2.33 bits per heavy atom. The lowest BCUT2D eigenvalue weighted by atomic mass is 10.0. The summed E-state index contributed by atoms with van der Waals surface area (Å²) in [6.07, 6.45) is 1.62. The van der Waals surface area contributed by atoms with Crippen LogP contribution in [-0.2, 0) is 0 Å². The van der Waals surface area contributed by atoms with Gasteiger partial charge in [0.15, 0.2) is 0 Å². The molecule has 0 aliphatic heterocycles. The molecule has 2 aromatic carbocycles. The number of carbonyl (C=O) groups excluding carboxylic acids is 1. The maximum atomic E-state index is 11.6. The molecule has 0 aliphatic carbocycles. The molecule has 0 fully saturated rings. The Morgan fingerprint density at radius 1 is 1.05 bits per heavy atom. The molecular formula is C17H19N3O. The average molecular weight is 281 g/mol. The van der Waals surface area contributed by atoms with E-state index in [9.17, 15) is 4.79 Å². The normalized spacial score (nSPS) is 10.8. The molecule has 0 saturated heterocycles. The van der Waals surface area contributed by atoms with E-state index in [0.29, 0.717) is 5.92 Å². The van der Waals surface area contributed by atoms with Gasteiger partial charge in [0.1, 0.15) is 0 Å². The third-order valence-electron chi connectivity index (χ3n) is 3.01. The van der Waals surface area contributed by atoms with E-state index in [1.807, 2.05) is 42.5 Å². The number of amides is 2. The number of urea groups is 1. The van der Waals surface area contributed by atoms with E-state index in [4.69, 9.17) is 0 Å². The Balaban J connectivity index is 1.86. The number of anilines is 1. The number of para-hydroxylation sites is 1. The van der Waals surface area contributed by atoms with Gasteiger partial charge in [-0.2, -0.15) is 5.10 Å². The van der Waals surface area contributed by atoms with Gasteiger partial charge in [0.2, 0.25) is 0 Å². The first-order valence-corrected chi connectivity index (χ1v) is 6.90. The average Bonchev–Trinajstić information content (AvgIpc) is 2.49. The number of rotatable bonds is 4. The predicted octanol–water partition coefficient (Wildman–Crippen LogP) is 3.97. The van der Waals surface area contributed by atoms with Gasteiger partial charge >= 0.3 is 6.03 Å². The number of carbonyl (C=O) groups is 1. The summed E-state index contributed by atoms with van der Waals surface area (Å²) >= 11 is 0. The first-order chi connectivity index (χ1) is 10.1. The molecule has 0 aromatic heterocycles. The lowest BCUT2D eigenvalue weighted by molar-refractivity contribution is 0.252. The van der Waals surface area contributed by atoms with Crippen LogP contribution in [0.5, 0.6) is 0 Å². The molecule has 0 radical (unpaired) electrons. The summed E-state index contributed by atoms with van der Waals surface area (Å²) < 4.78 is 0. The van der Waals surface area contributed by atoms with Gasteiger partial charge in [0, 0.05) is 5.69 Å². The minimum absolute atomic E-state index is 0.365. The van der Waals surface area contributed by atoms with Crippen molar-refractivity contribution in [3.63, 3.8) is 0 Å². The molecule has 0 atom stereocenters. The molecule has 0 unspecified atom stereocenters. The van der Waals surface area contributed by atoms with Crippen LogP contribution in [0.3, 0.4) is 0 Å². The van der Waals surface area contributed by atoms with Crippen LogP contribution in [0.25, 0.3) is 0 Å². The summed E-state index contributed by atoms with van der Waals surface area (Å²) in [5.74, 6) is 0.505. The molecule has 2 rings (SSSR count). The Kier molecular flexibility index (Phi) is 5.10. The van der Waals surface area contributed by atoms with E-state index in [1.54, 1.807) is 6.21 Å². The van der Waals surface area contributed by atoms with Crippen molar-refractivity contribution >= 4 is 17.9 Å². The molecule has 0 saturated carbocycles. The Hall–Kier alpha value is -2.62. The van der Waals surface area contributed by atoms with Crippen molar-refractivity contribution in [2.45, 2.75) is 19.8 Å². The van der Waals surface area contributed by atoms with E-state index >= 15 is 0 Å². The van der Waals surface area contributed by atoms with Crippen molar-refractivity contribution < 1.29 is 4.79 Å². The van der Waals surface area contributed by atoms with Crippen LogP contribution in [0.1, 0.15) is 30.9 Å². The molecule has 2 aromatic rings. The smallest absolute Gasteiger partial charge is 0.307 e. The predicted molar refractivity (Wildman–Crippen MR) is 86.7 cm³/mol. The molecule has 2 amide bonds. The Labute approximate surface area is 124 Å². The Morgan fingerprint density at radius 2 is 1.71 bits per heavy atom. The van der Waals surface area contributed by atoms with E-state index in [0.717, 1.165) is 11.3 Å². The highest BCUT2D eigenvalue weighted by Crippen LogP contribution is 2.13. The lowest BCUT2D eigenvalue weighted by Gasteiger charge is -2.05. The molecule has 2 N–H and O–H groups in total. The highest BCUT2D eigenvalue weighted by Gasteiger charge is 1.99. The largest absolute Gasteiger partial charge is 0.339 e. The summed E-state index contributed by atoms with van der Waals surface area (Å²) in [7, 11) is 0. The number of benzene rings is 2. The van der Waals surface area contributed by atoms with E-state index < -0.39 is 0 Å². The summed E-state index contributed by atoms with van der Waals surface area (Å²) in [6, 6.07) is 17.0. The summed E-state index contributed by atoms with van der Waals surface area (Å²) in [4.78, 5) is 11.6. The monoisotopic (exact) mass is 281 g/mol. The summed E-state index contributed by atoms with van der Waals surface area (Å²) in [6.45, 7) is 4.30. The molecule has 21 heavy (non-hydrogen) atoms. The third-order valence-corrected chi connectivity index (χ3v) is 3.01. The first-order valence-electron chi connectivity index (χ1n) is 6.90. The van der Waals surface area contributed by atoms with Crippen LogP contribution in [0.4, 0.5) is 10.5 Å². The van der Waals surface area contributed by atoms with Crippen LogP contribution < -0.4 is 10.7 Å². The number of nitrogens with one attached hydrogen (secondary N) is 2. The first kappa shape index (κ1) is 14.8. The van der Waals surface area contributed by atoms with Crippen molar-refractivity contribution in [1.29, 1.82) is 0 Å². The quantitative estimate of drug-likeness (QED) is 0.646. The maximum Gasteiger partial charge on any atom is 0.339 e. The molecule has 4 heteroatoms. The van der Waals surface area contributed by atoms with Gasteiger partial charge in [0.05, 0.1) is 6.21 Å². The van der Waals surface area contributed by atoms with Crippen molar-refractivity contribution in [1.82, 2.24) is 5.43 Å². The molecule has 0 aliphatic rings. The zero-order chi connectivity index (χ0) is 15.1. The van der Waals surface area contributed by atoms with Crippen molar-refractivity contribution in [3.05, 3.63) is 65.7 Å². The van der Waals surface area contributed by atoms with Crippen LogP contribution in [0.15, 0.2) is 59.7 Å². The van der Waals surface area contributed by atoms with Crippen LogP contribution >= 0.6 is 0 Å². The highest BCUT2D eigenvalue weighted by molar-refractivity contribution is 5.90. The molecule has 0 bridgehead atoms. The van der Waals surface area contributed by atoms with Gasteiger partial charge in [-0.25, -0.2) is 10.2 Å². The van der Waals surface area contributed by atoms with Crippen LogP contribution in [0.2, 0.25) is 0 Å². The zero-order valence-corrected chi connectivity index (χ0v) is 12.2. The van der Waals surface area contributed by atoms with Gasteiger partial charge in [-0.3, -0.25) is 0 Å². The van der Waals surface area contributed by atoms with E-state index in [-0.39, 0.29) is 6.03 Å². The van der Waals surface area contributed by atoms with Crippen molar-refractivity contribution in [3.8, 4) is 0 Å². The summed E-state index contributed by atoms with van der Waals surface area (Å²) in [5, 5.41) is 6.61. The van der Waals surface area contributed by atoms with Gasteiger partial charge in [-0.15, -0.1) is 0 Å². The highest BCUT2D eigenvalue weighted by atomic mass is 16.2. The minimum atomic E-state index is -0.365. The second-order valence-corrected chi connectivity index (χ2v) is 5.01. The number of hydrazone groups is 1. The maximum absolute atomic E-state index is 11.6. The fraction of sp³-hybridized carbons (Fsp3) is 0.176. The molecule has 0 spiro atoms. The van der Waals surface area contributed by atoms with Crippen LogP contribution in [0, 0.1) is 0 Å². The fourth-order valence-corrected chi connectivity index (χ4v) is 1.81. The fourth-order valence-electron chi connectivity index (χ4n) is 1.81. The molecular weight excluding hydrogens is 262 g/mol. The SMILES string of the molecule is CC(C)c1ccc(/C=N\NC(=O)Nc2ccccc2)cc1. The lowest BCUT2D eigenvalue weighted by Crippen LogP contribution is -2.24. The topological polar surface area (TPSA) is 53.5 Å². The Bertz CT molecular complexity index is 604. The zero-order valence-electron chi connectivity index (χ0n) is 12.2. The van der Waals surface area contributed by atoms with E-state index in [2.05, 4.69) is 41.8 Å². The van der Waals surface area contributed by atoms with Gasteiger partial charge in [-0.1, -0.05) is 56.3 Å². The van der Waals surface area contributed by atoms with Crippen molar-refractivity contribution in [2.24, 2.45) is 5.10 Å². The van der Waals surface area contributed by atoms with Gasteiger partial charge < -0.3 is 5.32 Å². The van der Waals surface area contributed by atoms with Crippen molar-refractivity contribution in [2.75, 3.05) is 5.32 Å². The second-order valence-electron chi connectivity index (χ2n) is 5.01. The summed E-state index contributed by atoms with van der Waals surface area (Å²) in [5.41, 5.74) is 5.39. The van der Waals surface area contributed by atoms with Crippen LogP contribution in [-0.4, -0.2) is 12.2 Å². The minimum Gasteiger partial charge on any atom is -0.307 e. The van der Waals surface area contributed by atoms with Gasteiger partial charge in [-0.05, 0) is 29.2 Å².